The minimum atomic E-state index is 0.290. The first kappa shape index (κ1) is 17.5. The summed E-state index contributed by atoms with van der Waals surface area (Å²) in [6, 6.07) is 9.60. The van der Waals surface area contributed by atoms with E-state index in [4.69, 9.17) is 4.74 Å². The van der Waals surface area contributed by atoms with E-state index in [1.54, 1.807) is 7.11 Å². The zero-order valence-corrected chi connectivity index (χ0v) is 15.0. The van der Waals surface area contributed by atoms with Crippen LogP contribution in [0.4, 0.5) is 5.69 Å². The van der Waals surface area contributed by atoms with Gasteiger partial charge in [0.25, 0.3) is 0 Å². The summed E-state index contributed by atoms with van der Waals surface area (Å²) in [5.74, 6) is 0.918. The number of likely N-dealkylation sites (N-methyl/N-ethyl adjacent to an activating group) is 1. The van der Waals surface area contributed by atoms with E-state index in [0.717, 1.165) is 44.9 Å². The number of anilines is 1. The van der Waals surface area contributed by atoms with Gasteiger partial charge >= 0.3 is 0 Å². The summed E-state index contributed by atoms with van der Waals surface area (Å²) in [7, 11) is 3.89. The van der Waals surface area contributed by atoms with Crippen molar-refractivity contribution in [1.82, 2.24) is 9.80 Å². The molecule has 0 unspecified atom stereocenters. The van der Waals surface area contributed by atoms with Crippen molar-refractivity contribution in [2.75, 3.05) is 58.4 Å². The van der Waals surface area contributed by atoms with E-state index in [9.17, 15) is 5.11 Å². The van der Waals surface area contributed by atoms with Crippen molar-refractivity contribution in [3.63, 3.8) is 0 Å². The lowest BCUT2D eigenvalue weighted by molar-refractivity contribution is 0.0446. The molecule has 0 saturated carbocycles. The van der Waals surface area contributed by atoms with Crippen LogP contribution in [0, 0.1) is 0 Å². The van der Waals surface area contributed by atoms with Crippen LogP contribution < -0.4 is 9.64 Å². The molecule has 0 radical (unpaired) electrons. The van der Waals surface area contributed by atoms with Crippen LogP contribution in [-0.2, 0) is 0 Å². The Bertz CT molecular complexity index is 500. The number of ether oxygens (including phenoxy) is 1. The lowest BCUT2D eigenvalue weighted by atomic mass is 9.99. The van der Waals surface area contributed by atoms with Crippen LogP contribution in [0.1, 0.15) is 19.3 Å². The van der Waals surface area contributed by atoms with Crippen molar-refractivity contribution in [2.24, 2.45) is 0 Å². The Kier molecular flexibility index (Phi) is 5.98. The van der Waals surface area contributed by atoms with Gasteiger partial charge in [-0.1, -0.05) is 0 Å². The third kappa shape index (κ3) is 4.02. The Morgan fingerprint density at radius 3 is 2.42 bits per heavy atom. The second-order valence-electron chi connectivity index (χ2n) is 7.06. The van der Waals surface area contributed by atoms with E-state index in [2.05, 4.69) is 33.9 Å². The van der Waals surface area contributed by atoms with E-state index in [1.165, 1.54) is 18.5 Å². The zero-order chi connectivity index (χ0) is 16.9. The van der Waals surface area contributed by atoms with Gasteiger partial charge in [0, 0.05) is 57.1 Å². The normalized spacial score (nSPS) is 24.3. The average molecular weight is 333 g/mol. The van der Waals surface area contributed by atoms with Crippen LogP contribution >= 0.6 is 0 Å². The number of piperazine rings is 1. The number of benzene rings is 1. The molecule has 1 aromatic carbocycles. The maximum atomic E-state index is 9.27. The predicted octanol–water partition coefficient (Wildman–Crippen LogP) is 1.66. The summed E-state index contributed by atoms with van der Waals surface area (Å²) in [6.07, 6.45) is 3.33. The highest BCUT2D eigenvalue weighted by molar-refractivity contribution is 5.49. The highest BCUT2D eigenvalue weighted by Gasteiger charge is 2.30. The molecule has 134 valence electrons. The Labute approximate surface area is 145 Å². The highest BCUT2D eigenvalue weighted by atomic mass is 16.5. The molecule has 1 N–H and O–H groups in total. The number of rotatable bonds is 5. The van der Waals surface area contributed by atoms with Gasteiger partial charge in [0.15, 0.2) is 0 Å². The summed E-state index contributed by atoms with van der Waals surface area (Å²) in [5.41, 5.74) is 1.30. The first-order valence-corrected chi connectivity index (χ1v) is 9.15. The topological polar surface area (TPSA) is 39.2 Å². The van der Waals surface area contributed by atoms with Gasteiger partial charge in [-0.15, -0.1) is 0 Å². The minimum absolute atomic E-state index is 0.290. The zero-order valence-electron chi connectivity index (χ0n) is 15.0. The third-order valence-electron chi connectivity index (χ3n) is 5.69. The lowest BCUT2D eigenvalue weighted by Gasteiger charge is -2.45. The van der Waals surface area contributed by atoms with Crippen LogP contribution in [0.25, 0.3) is 0 Å². The second kappa shape index (κ2) is 8.19. The van der Waals surface area contributed by atoms with Crippen molar-refractivity contribution >= 4 is 5.69 Å². The number of hydrogen-bond acceptors (Lipinski definition) is 5. The number of nitrogens with zero attached hydrogens (tertiary/aromatic N) is 3. The van der Waals surface area contributed by atoms with Crippen LogP contribution in [-0.4, -0.2) is 80.5 Å². The Balaban J connectivity index is 1.52. The van der Waals surface area contributed by atoms with E-state index in [1.807, 2.05) is 12.1 Å². The van der Waals surface area contributed by atoms with Gasteiger partial charge in [-0.25, -0.2) is 0 Å². The van der Waals surface area contributed by atoms with Crippen molar-refractivity contribution < 1.29 is 9.84 Å². The molecule has 1 aromatic rings. The maximum absolute atomic E-state index is 9.27. The summed E-state index contributed by atoms with van der Waals surface area (Å²) < 4.78 is 5.24. The fourth-order valence-corrected chi connectivity index (χ4v) is 4.04. The van der Waals surface area contributed by atoms with Crippen LogP contribution in [0.5, 0.6) is 5.75 Å². The molecule has 2 aliphatic rings. The van der Waals surface area contributed by atoms with Gasteiger partial charge in [0.05, 0.1) is 7.11 Å². The van der Waals surface area contributed by atoms with Gasteiger partial charge in [-0.05, 0) is 50.6 Å². The Morgan fingerprint density at radius 1 is 1.08 bits per heavy atom. The fourth-order valence-electron chi connectivity index (χ4n) is 4.04. The molecule has 1 atom stereocenters. The van der Waals surface area contributed by atoms with Gasteiger partial charge in [-0.2, -0.15) is 0 Å². The quantitative estimate of drug-likeness (QED) is 0.887. The molecule has 0 aromatic heterocycles. The summed E-state index contributed by atoms with van der Waals surface area (Å²) in [4.78, 5) is 7.54. The molecule has 0 amide bonds. The second-order valence-corrected chi connectivity index (χ2v) is 7.06. The van der Waals surface area contributed by atoms with Gasteiger partial charge in [0.2, 0.25) is 0 Å². The molecule has 2 saturated heterocycles. The number of aliphatic hydroxyl groups excluding tert-OH is 1. The molecule has 0 spiro atoms. The monoisotopic (exact) mass is 333 g/mol. The van der Waals surface area contributed by atoms with E-state index in [0.29, 0.717) is 18.7 Å². The standard InChI is InChI=1S/C19H31N3O2/c1-20-12-13-22(15-18(20)9-14-23)17-7-10-21(11-8-17)16-3-5-19(24-2)6-4-16/h3-6,17-18,23H,7-15H2,1-2H3/t18-/m1/s1. The first-order valence-electron chi connectivity index (χ1n) is 9.15. The number of piperidine rings is 1. The molecular formula is C19H31N3O2. The molecular weight excluding hydrogens is 302 g/mol. The molecule has 2 aliphatic heterocycles. The molecule has 0 bridgehead atoms. The molecule has 24 heavy (non-hydrogen) atoms. The van der Waals surface area contributed by atoms with Crippen LogP contribution in [0.15, 0.2) is 24.3 Å². The number of aliphatic hydroxyl groups is 1. The minimum Gasteiger partial charge on any atom is -0.497 e. The van der Waals surface area contributed by atoms with Gasteiger partial charge in [0.1, 0.15) is 5.75 Å². The fraction of sp³-hybridized carbons (Fsp3) is 0.684. The van der Waals surface area contributed by atoms with Gasteiger partial charge < -0.3 is 19.6 Å². The molecule has 2 fully saturated rings. The summed E-state index contributed by atoms with van der Waals surface area (Å²) >= 11 is 0. The smallest absolute Gasteiger partial charge is 0.119 e. The number of hydrogen-bond donors (Lipinski definition) is 1. The first-order chi connectivity index (χ1) is 11.7. The summed E-state index contributed by atoms with van der Waals surface area (Å²) in [6.45, 7) is 5.90. The Morgan fingerprint density at radius 2 is 1.79 bits per heavy atom. The van der Waals surface area contributed by atoms with E-state index < -0.39 is 0 Å². The molecule has 0 aliphatic carbocycles. The third-order valence-corrected chi connectivity index (χ3v) is 5.69. The van der Waals surface area contributed by atoms with Crippen molar-refractivity contribution in [1.29, 1.82) is 0 Å². The van der Waals surface area contributed by atoms with E-state index >= 15 is 0 Å². The average Bonchev–Trinajstić information content (AvgIpc) is 2.64. The van der Waals surface area contributed by atoms with Crippen molar-refractivity contribution in [3.8, 4) is 5.75 Å². The summed E-state index contributed by atoms with van der Waals surface area (Å²) in [5, 5.41) is 9.27. The largest absolute Gasteiger partial charge is 0.497 e. The molecule has 5 heteroatoms. The number of methoxy groups -OCH3 is 1. The molecule has 3 rings (SSSR count). The molecule has 2 heterocycles. The van der Waals surface area contributed by atoms with Crippen LogP contribution in [0.2, 0.25) is 0 Å². The maximum Gasteiger partial charge on any atom is 0.119 e. The highest BCUT2D eigenvalue weighted by Crippen LogP contribution is 2.26. The van der Waals surface area contributed by atoms with Crippen molar-refractivity contribution in [3.05, 3.63) is 24.3 Å². The van der Waals surface area contributed by atoms with Crippen molar-refractivity contribution in [2.45, 2.75) is 31.3 Å². The Hall–Kier alpha value is -1.30. The van der Waals surface area contributed by atoms with Crippen LogP contribution in [0.3, 0.4) is 0 Å². The molecule has 5 nitrogen and oxygen atoms in total. The lowest BCUT2D eigenvalue weighted by Crippen LogP contribution is -2.56. The van der Waals surface area contributed by atoms with Gasteiger partial charge in [-0.3, -0.25) is 4.90 Å². The SMILES string of the molecule is COc1ccc(N2CCC(N3CCN(C)[C@H](CCO)C3)CC2)cc1. The van der Waals surface area contributed by atoms with E-state index in [-0.39, 0.29) is 0 Å². The predicted molar refractivity (Wildman–Crippen MR) is 97.9 cm³/mol.